The lowest BCUT2D eigenvalue weighted by Gasteiger charge is -2.02. The summed E-state index contributed by atoms with van der Waals surface area (Å²) in [5, 5.41) is 8.16. The molecule has 0 aliphatic heterocycles. The van der Waals surface area contributed by atoms with Gasteiger partial charge < -0.3 is 4.57 Å². The smallest absolute Gasteiger partial charge is 0.147 e. The van der Waals surface area contributed by atoms with Gasteiger partial charge in [0.1, 0.15) is 11.6 Å². The van der Waals surface area contributed by atoms with Gasteiger partial charge in [-0.15, -0.1) is 21.8 Å². The van der Waals surface area contributed by atoms with Gasteiger partial charge >= 0.3 is 0 Å². The van der Waals surface area contributed by atoms with Gasteiger partial charge in [-0.05, 0) is 6.42 Å². The molecular weight excluding hydrogens is 210 g/mol. The highest BCUT2D eigenvalue weighted by molar-refractivity contribution is 6.16. The van der Waals surface area contributed by atoms with Crippen LogP contribution in [0, 0.1) is 0 Å². The van der Waals surface area contributed by atoms with E-state index in [1.54, 1.807) is 0 Å². The van der Waals surface area contributed by atoms with Gasteiger partial charge in [-0.3, -0.25) is 0 Å². The molecule has 15 heavy (non-hydrogen) atoms. The first-order valence-corrected chi connectivity index (χ1v) is 6.26. The van der Waals surface area contributed by atoms with Crippen molar-refractivity contribution >= 4 is 11.6 Å². The minimum Gasteiger partial charge on any atom is -0.317 e. The van der Waals surface area contributed by atoms with Crippen LogP contribution in [-0.4, -0.2) is 14.8 Å². The first-order valence-electron chi connectivity index (χ1n) is 5.72. The highest BCUT2D eigenvalue weighted by atomic mass is 35.5. The lowest BCUT2D eigenvalue weighted by molar-refractivity contribution is 0.612. The Bertz CT molecular complexity index is 283. The number of nitrogens with zero attached hydrogens (tertiary/aromatic N) is 3. The molecule has 0 spiro atoms. The zero-order chi connectivity index (χ0) is 11.1. The average molecular weight is 230 g/mol. The van der Waals surface area contributed by atoms with Crippen LogP contribution < -0.4 is 0 Å². The molecule has 0 bridgehead atoms. The van der Waals surface area contributed by atoms with E-state index < -0.39 is 0 Å². The van der Waals surface area contributed by atoms with Gasteiger partial charge in [-0.1, -0.05) is 32.6 Å². The van der Waals surface area contributed by atoms with E-state index in [9.17, 15) is 0 Å². The maximum absolute atomic E-state index is 5.72. The Morgan fingerprint density at radius 2 is 1.73 bits per heavy atom. The van der Waals surface area contributed by atoms with Crippen LogP contribution in [0.15, 0.2) is 0 Å². The van der Waals surface area contributed by atoms with Crippen LogP contribution in [0.2, 0.25) is 0 Å². The molecule has 0 unspecified atom stereocenters. The van der Waals surface area contributed by atoms with Crippen LogP contribution in [0.5, 0.6) is 0 Å². The van der Waals surface area contributed by atoms with Gasteiger partial charge in [0, 0.05) is 13.5 Å². The summed E-state index contributed by atoms with van der Waals surface area (Å²) in [5.41, 5.74) is 0. The van der Waals surface area contributed by atoms with Crippen molar-refractivity contribution in [3.8, 4) is 0 Å². The summed E-state index contributed by atoms with van der Waals surface area (Å²) >= 11 is 5.72. The molecule has 3 nitrogen and oxygen atoms in total. The Labute approximate surface area is 96.8 Å². The number of hydrogen-bond donors (Lipinski definition) is 0. The zero-order valence-electron chi connectivity index (χ0n) is 9.67. The number of halogens is 1. The predicted octanol–water partition coefficient (Wildman–Crippen LogP) is 3.07. The van der Waals surface area contributed by atoms with E-state index >= 15 is 0 Å². The van der Waals surface area contributed by atoms with Gasteiger partial charge in [0.15, 0.2) is 0 Å². The molecule has 4 heteroatoms. The van der Waals surface area contributed by atoms with Gasteiger partial charge in [-0.2, -0.15) is 0 Å². The number of hydrogen-bond acceptors (Lipinski definition) is 2. The van der Waals surface area contributed by atoms with Crippen LogP contribution in [-0.2, 0) is 19.3 Å². The molecule has 0 N–H and O–H groups in total. The van der Waals surface area contributed by atoms with E-state index in [2.05, 4.69) is 17.1 Å². The summed E-state index contributed by atoms with van der Waals surface area (Å²) in [6, 6.07) is 0. The standard InChI is InChI=1S/C11H20ClN3/c1-3-4-5-6-7-8-10-13-14-11(9-12)15(10)2/h3-9H2,1-2H3. The van der Waals surface area contributed by atoms with E-state index in [1.165, 1.54) is 32.1 Å². The van der Waals surface area contributed by atoms with Crippen molar-refractivity contribution in [3.63, 3.8) is 0 Å². The summed E-state index contributed by atoms with van der Waals surface area (Å²) in [7, 11) is 1.99. The average Bonchev–Trinajstić information content (AvgIpc) is 2.60. The van der Waals surface area contributed by atoms with Crippen molar-refractivity contribution in [2.75, 3.05) is 0 Å². The van der Waals surface area contributed by atoms with Crippen molar-refractivity contribution in [1.82, 2.24) is 14.8 Å². The summed E-state index contributed by atoms with van der Waals surface area (Å²) in [6.45, 7) is 2.23. The quantitative estimate of drug-likeness (QED) is 0.532. The molecule has 0 aliphatic carbocycles. The van der Waals surface area contributed by atoms with Crippen molar-refractivity contribution in [3.05, 3.63) is 11.6 Å². The number of aromatic nitrogens is 3. The van der Waals surface area contributed by atoms with E-state index in [1.807, 2.05) is 11.6 Å². The molecule has 0 atom stereocenters. The lowest BCUT2D eigenvalue weighted by Crippen LogP contribution is -2.01. The first-order chi connectivity index (χ1) is 7.29. The van der Waals surface area contributed by atoms with Crippen molar-refractivity contribution in [2.24, 2.45) is 7.05 Å². The molecule has 0 aromatic carbocycles. The molecule has 1 heterocycles. The highest BCUT2D eigenvalue weighted by Gasteiger charge is 2.06. The van der Waals surface area contributed by atoms with Gasteiger partial charge in [-0.25, -0.2) is 0 Å². The summed E-state index contributed by atoms with van der Waals surface area (Å²) in [5.74, 6) is 2.36. The molecule has 0 amide bonds. The number of alkyl halides is 1. The van der Waals surface area contributed by atoms with Crippen LogP contribution in [0.25, 0.3) is 0 Å². The van der Waals surface area contributed by atoms with Crippen LogP contribution in [0.1, 0.15) is 50.7 Å². The molecule has 1 rings (SSSR count). The number of aryl methyl sites for hydroxylation is 1. The molecule has 0 fully saturated rings. The third-order valence-corrected chi connectivity index (χ3v) is 2.92. The monoisotopic (exact) mass is 229 g/mol. The molecule has 0 saturated carbocycles. The SMILES string of the molecule is CCCCCCCc1nnc(CCl)n1C. The normalized spacial score (nSPS) is 10.9. The summed E-state index contributed by atoms with van der Waals surface area (Å²) in [4.78, 5) is 0. The van der Waals surface area contributed by atoms with E-state index in [-0.39, 0.29) is 0 Å². The highest BCUT2D eigenvalue weighted by Crippen LogP contribution is 2.08. The fourth-order valence-corrected chi connectivity index (χ4v) is 1.85. The zero-order valence-corrected chi connectivity index (χ0v) is 10.4. The number of rotatable bonds is 7. The minimum absolute atomic E-state index is 0.444. The Hall–Kier alpha value is -0.570. The minimum atomic E-state index is 0.444. The van der Waals surface area contributed by atoms with Crippen molar-refractivity contribution in [1.29, 1.82) is 0 Å². The Kier molecular flexibility index (Phi) is 5.69. The molecule has 0 radical (unpaired) electrons. The van der Waals surface area contributed by atoms with E-state index in [0.29, 0.717) is 5.88 Å². The second-order valence-corrected chi connectivity index (χ2v) is 4.16. The third kappa shape index (κ3) is 3.82. The topological polar surface area (TPSA) is 30.7 Å². The summed E-state index contributed by atoms with van der Waals surface area (Å²) < 4.78 is 2.01. The van der Waals surface area contributed by atoms with Crippen LogP contribution >= 0.6 is 11.6 Å². The molecule has 0 saturated heterocycles. The molecule has 1 aromatic heterocycles. The Morgan fingerprint density at radius 1 is 1.07 bits per heavy atom. The lowest BCUT2D eigenvalue weighted by atomic mass is 10.1. The summed E-state index contributed by atoms with van der Waals surface area (Å²) in [6.07, 6.45) is 7.47. The second kappa shape index (κ2) is 6.83. The predicted molar refractivity (Wildman–Crippen MR) is 63.0 cm³/mol. The van der Waals surface area contributed by atoms with Crippen molar-refractivity contribution < 1.29 is 0 Å². The third-order valence-electron chi connectivity index (χ3n) is 2.68. The van der Waals surface area contributed by atoms with E-state index in [0.717, 1.165) is 18.1 Å². The van der Waals surface area contributed by atoms with Crippen molar-refractivity contribution in [2.45, 2.75) is 51.3 Å². The Balaban J connectivity index is 2.28. The van der Waals surface area contributed by atoms with Gasteiger partial charge in [0.2, 0.25) is 0 Å². The first kappa shape index (κ1) is 12.5. The van der Waals surface area contributed by atoms with Crippen LogP contribution in [0.3, 0.4) is 0 Å². The van der Waals surface area contributed by atoms with E-state index in [4.69, 9.17) is 11.6 Å². The fourth-order valence-electron chi connectivity index (χ4n) is 1.62. The van der Waals surface area contributed by atoms with Gasteiger partial charge in [0.05, 0.1) is 5.88 Å². The molecule has 1 aromatic rings. The van der Waals surface area contributed by atoms with Crippen LogP contribution in [0.4, 0.5) is 0 Å². The maximum atomic E-state index is 5.72. The number of unbranched alkanes of at least 4 members (excludes halogenated alkanes) is 4. The molecule has 0 aliphatic rings. The second-order valence-electron chi connectivity index (χ2n) is 3.89. The largest absolute Gasteiger partial charge is 0.317 e. The molecular formula is C11H20ClN3. The van der Waals surface area contributed by atoms with Gasteiger partial charge in [0.25, 0.3) is 0 Å². The molecule has 86 valence electrons. The Morgan fingerprint density at radius 3 is 2.33 bits per heavy atom. The fraction of sp³-hybridized carbons (Fsp3) is 0.818. The maximum Gasteiger partial charge on any atom is 0.147 e.